The molecule has 0 atom stereocenters. The summed E-state index contributed by atoms with van der Waals surface area (Å²) < 4.78 is 0. The number of hydrogen-bond donors (Lipinski definition) is 0. The van der Waals surface area contributed by atoms with Gasteiger partial charge in [-0.25, -0.2) is 15.0 Å². The maximum atomic E-state index is 5.15. The summed E-state index contributed by atoms with van der Waals surface area (Å²) in [5, 5.41) is 0. The Hall–Kier alpha value is -8.99. The van der Waals surface area contributed by atoms with Gasteiger partial charge in [-0.15, -0.1) is 0 Å². The number of para-hydroxylation sites is 2. The Kier molecular flexibility index (Phi) is 9.36. The van der Waals surface area contributed by atoms with E-state index in [1.165, 1.54) is 55.9 Å². The Morgan fingerprint density at radius 2 is 0.588 bits per heavy atom. The number of rotatable bonds is 7. The standard InChI is InChI=1S/C64H42N4/c1-4-16-43(17-5-1)45-28-34-48(35-29-45)61-65-62(49-36-30-46(31-37-49)44-18-6-2-7-19-44)67-63(66-61)50-38-32-47(33-39-50)51-40-41-60-58(42-51)64(55-24-12-10-22-53(55)54-23-11-13-25-56(54)64)57-26-14-15-27-59(57)68(60)52-20-8-3-9-21-52/h1-42H. The predicted octanol–water partition coefficient (Wildman–Crippen LogP) is 16.0. The molecular weight excluding hydrogens is 825 g/mol. The average molecular weight is 867 g/mol. The van der Waals surface area contributed by atoms with Gasteiger partial charge < -0.3 is 4.90 Å². The number of benzene rings is 10. The van der Waals surface area contributed by atoms with Crippen molar-refractivity contribution < 1.29 is 0 Å². The monoisotopic (exact) mass is 866 g/mol. The van der Waals surface area contributed by atoms with Crippen LogP contribution in [0.2, 0.25) is 0 Å². The van der Waals surface area contributed by atoms with E-state index >= 15 is 0 Å². The molecule has 4 heteroatoms. The first-order valence-electron chi connectivity index (χ1n) is 23.2. The fourth-order valence-electron chi connectivity index (χ4n) is 10.6. The minimum atomic E-state index is -0.531. The molecule has 0 N–H and O–H groups in total. The second-order valence-corrected chi connectivity index (χ2v) is 17.5. The highest BCUT2D eigenvalue weighted by Gasteiger charge is 2.51. The van der Waals surface area contributed by atoms with Crippen molar-refractivity contribution in [2.24, 2.45) is 0 Å². The van der Waals surface area contributed by atoms with Gasteiger partial charge in [0.05, 0.1) is 16.8 Å². The summed E-state index contributed by atoms with van der Waals surface area (Å²) in [6.07, 6.45) is 0. The summed E-state index contributed by atoms with van der Waals surface area (Å²) in [6, 6.07) is 91.3. The van der Waals surface area contributed by atoms with Gasteiger partial charge >= 0.3 is 0 Å². The molecule has 68 heavy (non-hydrogen) atoms. The average Bonchev–Trinajstić information content (AvgIpc) is 3.72. The number of aromatic nitrogens is 3. The van der Waals surface area contributed by atoms with Crippen LogP contribution >= 0.6 is 0 Å². The minimum absolute atomic E-state index is 0.531. The molecular formula is C64H42N4. The van der Waals surface area contributed by atoms with Gasteiger partial charge in [-0.1, -0.05) is 224 Å². The highest BCUT2D eigenvalue weighted by Crippen LogP contribution is 2.63. The Labute approximate surface area is 396 Å². The smallest absolute Gasteiger partial charge is 0.164 e. The molecule has 0 bridgehead atoms. The molecule has 4 nitrogen and oxygen atoms in total. The Morgan fingerprint density at radius 1 is 0.250 bits per heavy atom. The molecule has 10 aromatic carbocycles. The molecule has 0 fully saturated rings. The molecule has 0 saturated carbocycles. The van der Waals surface area contributed by atoms with E-state index in [1.807, 2.05) is 12.1 Å². The van der Waals surface area contributed by atoms with E-state index < -0.39 is 5.41 Å². The third kappa shape index (κ3) is 6.41. The molecule has 11 aromatic rings. The van der Waals surface area contributed by atoms with Crippen LogP contribution in [0.3, 0.4) is 0 Å². The highest BCUT2D eigenvalue weighted by atomic mass is 15.2. The third-order valence-corrected chi connectivity index (χ3v) is 13.8. The van der Waals surface area contributed by atoms with Gasteiger partial charge in [0.25, 0.3) is 0 Å². The largest absolute Gasteiger partial charge is 0.310 e. The molecule has 1 aliphatic carbocycles. The van der Waals surface area contributed by atoms with Gasteiger partial charge in [0, 0.05) is 22.4 Å². The minimum Gasteiger partial charge on any atom is -0.310 e. The van der Waals surface area contributed by atoms with E-state index in [2.05, 4.69) is 248 Å². The second kappa shape index (κ2) is 16.2. The topological polar surface area (TPSA) is 41.9 Å². The van der Waals surface area contributed by atoms with E-state index in [4.69, 9.17) is 15.0 Å². The van der Waals surface area contributed by atoms with Crippen molar-refractivity contribution in [3.05, 3.63) is 277 Å². The van der Waals surface area contributed by atoms with Gasteiger partial charge in [0.2, 0.25) is 0 Å². The van der Waals surface area contributed by atoms with Crippen LogP contribution in [0.25, 0.3) is 78.7 Å². The van der Waals surface area contributed by atoms with Gasteiger partial charge in [-0.05, 0) is 97.1 Å². The van der Waals surface area contributed by atoms with Gasteiger partial charge in [0.15, 0.2) is 17.5 Å². The molecule has 1 aliphatic heterocycles. The number of hydrogen-bond acceptors (Lipinski definition) is 4. The van der Waals surface area contributed by atoms with Crippen molar-refractivity contribution in [2.75, 3.05) is 4.90 Å². The van der Waals surface area contributed by atoms with Crippen molar-refractivity contribution in [2.45, 2.75) is 5.41 Å². The van der Waals surface area contributed by atoms with E-state index in [-0.39, 0.29) is 0 Å². The zero-order valence-electron chi connectivity index (χ0n) is 37.0. The predicted molar refractivity (Wildman–Crippen MR) is 278 cm³/mol. The normalized spacial score (nSPS) is 12.8. The SMILES string of the molecule is c1ccc(-c2ccc(-c3nc(-c4ccc(-c5ccccc5)cc4)nc(-c4ccc(-c5ccc6c(c5)C5(c7ccccc7-c7ccccc75)c5ccccc5N6c5ccccc5)cc4)n3)cc2)cc1. The molecule has 1 spiro atoms. The van der Waals surface area contributed by atoms with E-state index in [0.717, 1.165) is 44.6 Å². The summed E-state index contributed by atoms with van der Waals surface area (Å²) in [7, 11) is 0. The second-order valence-electron chi connectivity index (χ2n) is 17.5. The zero-order chi connectivity index (χ0) is 45.0. The Morgan fingerprint density at radius 3 is 1.07 bits per heavy atom. The summed E-state index contributed by atoms with van der Waals surface area (Å²) in [4.78, 5) is 17.8. The molecule has 1 aromatic heterocycles. The molecule has 0 amide bonds. The molecule has 318 valence electrons. The van der Waals surface area contributed by atoms with Crippen LogP contribution in [0.1, 0.15) is 22.3 Å². The van der Waals surface area contributed by atoms with Crippen molar-refractivity contribution >= 4 is 17.1 Å². The van der Waals surface area contributed by atoms with Crippen LogP contribution < -0.4 is 4.90 Å². The summed E-state index contributed by atoms with van der Waals surface area (Å²) in [6.45, 7) is 0. The highest BCUT2D eigenvalue weighted by molar-refractivity contribution is 5.96. The van der Waals surface area contributed by atoms with Crippen LogP contribution in [0.5, 0.6) is 0 Å². The van der Waals surface area contributed by atoms with Crippen molar-refractivity contribution in [3.63, 3.8) is 0 Å². The molecule has 2 aliphatic rings. The lowest BCUT2D eigenvalue weighted by molar-refractivity contribution is 0.753. The molecule has 13 rings (SSSR count). The first-order chi connectivity index (χ1) is 33.7. The summed E-state index contributed by atoms with van der Waals surface area (Å²) in [5.41, 5.74) is 20.3. The molecule has 0 radical (unpaired) electrons. The third-order valence-electron chi connectivity index (χ3n) is 13.8. The number of anilines is 3. The maximum Gasteiger partial charge on any atom is 0.164 e. The Bertz CT molecular complexity index is 3500. The van der Waals surface area contributed by atoms with E-state index in [0.29, 0.717) is 17.5 Å². The first kappa shape index (κ1) is 39.4. The van der Waals surface area contributed by atoms with Crippen molar-refractivity contribution in [1.29, 1.82) is 0 Å². The molecule has 0 saturated heterocycles. The van der Waals surface area contributed by atoms with Crippen molar-refractivity contribution in [3.8, 4) is 78.7 Å². The molecule has 0 unspecified atom stereocenters. The van der Waals surface area contributed by atoms with Crippen LogP contribution in [0.4, 0.5) is 17.1 Å². The lowest BCUT2D eigenvalue weighted by Crippen LogP contribution is -2.36. The summed E-state index contributed by atoms with van der Waals surface area (Å²) >= 11 is 0. The lowest BCUT2D eigenvalue weighted by atomic mass is 9.64. The van der Waals surface area contributed by atoms with Crippen LogP contribution in [-0.4, -0.2) is 15.0 Å². The van der Waals surface area contributed by atoms with Crippen LogP contribution in [0, 0.1) is 0 Å². The first-order valence-corrected chi connectivity index (χ1v) is 23.2. The fourth-order valence-corrected chi connectivity index (χ4v) is 10.6. The fraction of sp³-hybridized carbons (Fsp3) is 0.0156. The lowest BCUT2D eigenvalue weighted by Gasteiger charge is -2.45. The van der Waals surface area contributed by atoms with Crippen molar-refractivity contribution in [1.82, 2.24) is 15.0 Å². The van der Waals surface area contributed by atoms with E-state index in [1.54, 1.807) is 0 Å². The quantitative estimate of drug-likeness (QED) is 0.160. The van der Waals surface area contributed by atoms with Crippen LogP contribution in [0.15, 0.2) is 255 Å². The summed E-state index contributed by atoms with van der Waals surface area (Å²) in [5.74, 6) is 1.87. The number of fused-ring (bicyclic) bond motifs is 9. The van der Waals surface area contributed by atoms with Gasteiger partial charge in [0.1, 0.15) is 0 Å². The van der Waals surface area contributed by atoms with E-state index in [9.17, 15) is 0 Å². The Balaban J connectivity index is 0.934. The zero-order valence-corrected chi connectivity index (χ0v) is 37.0. The van der Waals surface area contributed by atoms with Gasteiger partial charge in [-0.2, -0.15) is 0 Å². The molecule has 2 heterocycles. The number of nitrogens with zero attached hydrogens (tertiary/aromatic N) is 4. The van der Waals surface area contributed by atoms with Gasteiger partial charge in [-0.3, -0.25) is 0 Å². The maximum absolute atomic E-state index is 5.15. The van der Waals surface area contributed by atoms with Crippen LogP contribution in [-0.2, 0) is 5.41 Å².